The second-order valence-electron chi connectivity index (χ2n) is 5.20. The zero-order valence-corrected chi connectivity index (χ0v) is 13.0. The van der Waals surface area contributed by atoms with Gasteiger partial charge in [0.1, 0.15) is 17.7 Å². The first-order valence-corrected chi connectivity index (χ1v) is 7.62. The van der Waals surface area contributed by atoms with Crippen molar-refractivity contribution in [1.29, 1.82) is 0 Å². The summed E-state index contributed by atoms with van der Waals surface area (Å²) in [6, 6.07) is 7.60. The van der Waals surface area contributed by atoms with Crippen molar-refractivity contribution in [1.82, 2.24) is 14.8 Å². The summed E-state index contributed by atoms with van der Waals surface area (Å²) in [7, 11) is 0. The standard InChI is InChI=1S/C15H19ClN4O/c1-3-20-11(2)17-18-15(20)19-9-8-12(10-19)21-14-7-5-4-6-13(14)16/h4-7,12H,3,8-10H2,1-2H3. The summed E-state index contributed by atoms with van der Waals surface area (Å²) in [5, 5.41) is 9.11. The van der Waals surface area contributed by atoms with E-state index in [0.717, 1.165) is 43.6 Å². The van der Waals surface area contributed by atoms with E-state index in [1.165, 1.54) is 0 Å². The van der Waals surface area contributed by atoms with Crippen molar-refractivity contribution in [3.63, 3.8) is 0 Å². The Bertz CT molecular complexity index is 628. The number of benzene rings is 1. The SMILES string of the molecule is CCn1c(C)nnc1N1CCC(Oc2ccccc2Cl)C1. The summed E-state index contributed by atoms with van der Waals surface area (Å²) in [4.78, 5) is 2.23. The van der Waals surface area contributed by atoms with Gasteiger partial charge in [-0.2, -0.15) is 0 Å². The second-order valence-corrected chi connectivity index (χ2v) is 5.60. The lowest BCUT2D eigenvalue weighted by Crippen LogP contribution is -2.27. The summed E-state index contributed by atoms with van der Waals surface area (Å²) in [5.74, 6) is 2.63. The van der Waals surface area contributed by atoms with Gasteiger partial charge in [-0.15, -0.1) is 10.2 Å². The fraction of sp³-hybridized carbons (Fsp3) is 0.467. The Morgan fingerprint density at radius 3 is 2.90 bits per heavy atom. The van der Waals surface area contributed by atoms with Crippen LogP contribution in [0.5, 0.6) is 5.75 Å². The molecule has 0 bridgehead atoms. The molecule has 0 radical (unpaired) electrons. The zero-order chi connectivity index (χ0) is 14.8. The molecule has 0 spiro atoms. The minimum absolute atomic E-state index is 0.132. The first-order valence-electron chi connectivity index (χ1n) is 7.25. The lowest BCUT2D eigenvalue weighted by atomic mass is 10.3. The van der Waals surface area contributed by atoms with Crippen molar-refractivity contribution < 1.29 is 4.74 Å². The van der Waals surface area contributed by atoms with Crippen LogP contribution in [-0.2, 0) is 6.54 Å². The molecule has 112 valence electrons. The summed E-state index contributed by atoms with van der Waals surface area (Å²) >= 11 is 6.14. The number of para-hydroxylation sites is 1. The molecule has 5 nitrogen and oxygen atoms in total. The molecule has 0 aliphatic carbocycles. The maximum atomic E-state index is 6.14. The molecule has 1 fully saturated rings. The van der Waals surface area contributed by atoms with Crippen molar-refractivity contribution in [3.8, 4) is 5.75 Å². The van der Waals surface area contributed by atoms with Gasteiger partial charge in [-0.25, -0.2) is 0 Å². The van der Waals surface area contributed by atoms with E-state index < -0.39 is 0 Å². The van der Waals surface area contributed by atoms with Gasteiger partial charge in [0.15, 0.2) is 0 Å². The molecule has 0 amide bonds. The molecular formula is C15H19ClN4O. The van der Waals surface area contributed by atoms with Crippen molar-refractivity contribution in [2.75, 3.05) is 18.0 Å². The largest absolute Gasteiger partial charge is 0.487 e. The van der Waals surface area contributed by atoms with Gasteiger partial charge in [0, 0.05) is 19.5 Å². The van der Waals surface area contributed by atoms with E-state index in [0.29, 0.717) is 5.02 Å². The Balaban J connectivity index is 1.69. The van der Waals surface area contributed by atoms with E-state index in [-0.39, 0.29) is 6.10 Å². The van der Waals surface area contributed by atoms with E-state index >= 15 is 0 Å². The molecule has 6 heteroatoms. The third kappa shape index (κ3) is 2.83. The highest BCUT2D eigenvalue weighted by Gasteiger charge is 2.28. The maximum absolute atomic E-state index is 6.14. The second kappa shape index (κ2) is 5.93. The van der Waals surface area contributed by atoms with E-state index in [9.17, 15) is 0 Å². The number of aromatic nitrogens is 3. The van der Waals surface area contributed by atoms with E-state index in [4.69, 9.17) is 16.3 Å². The smallest absolute Gasteiger partial charge is 0.227 e. The first kappa shape index (κ1) is 14.2. The molecular weight excluding hydrogens is 288 g/mol. The minimum atomic E-state index is 0.132. The molecule has 0 N–H and O–H groups in total. The number of hydrogen-bond acceptors (Lipinski definition) is 4. The number of rotatable bonds is 4. The van der Waals surface area contributed by atoms with Crippen molar-refractivity contribution in [2.45, 2.75) is 32.9 Å². The van der Waals surface area contributed by atoms with Gasteiger partial charge in [0.25, 0.3) is 0 Å². The van der Waals surface area contributed by atoms with Gasteiger partial charge >= 0.3 is 0 Å². The van der Waals surface area contributed by atoms with Crippen LogP contribution in [0.2, 0.25) is 5.02 Å². The summed E-state index contributed by atoms with van der Waals surface area (Å²) < 4.78 is 8.13. The van der Waals surface area contributed by atoms with Gasteiger partial charge in [-0.1, -0.05) is 23.7 Å². The van der Waals surface area contributed by atoms with Crippen molar-refractivity contribution >= 4 is 17.5 Å². The average molecular weight is 307 g/mol. The Hall–Kier alpha value is -1.75. The molecule has 0 saturated carbocycles. The van der Waals surface area contributed by atoms with Gasteiger partial charge < -0.3 is 9.64 Å². The minimum Gasteiger partial charge on any atom is -0.487 e. The number of hydrogen-bond donors (Lipinski definition) is 0. The molecule has 3 rings (SSSR count). The fourth-order valence-corrected chi connectivity index (χ4v) is 2.88. The Labute approximate surface area is 129 Å². The number of anilines is 1. The average Bonchev–Trinajstić information content (AvgIpc) is 3.07. The first-order chi connectivity index (χ1) is 10.2. The number of ether oxygens (including phenoxy) is 1. The van der Waals surface area contributed by atoms with Crippen LogP contribution in [0, 0.1) is 6.92 Å². The van der Waals surface area contributed by atoms with Crippen molar-refractivity contribution in [3.05, 3.63) is 35.1 Å². The molecule has 1 atom stereocenters. The van der Waals surface area contributed by atoms with Crippen LogP contribution in [0.4, 0.5) is 5.95 Å². The summed E-state index contributed by atoms with van der Waals surface area (Å²) in [6.07, 6.45) is 1.09. The van der Waals surface area contributed by atoms with Crippen LogP contribution in [0.25, 0.3) is 0 Å². The predicted octanol–water partition coefficient (Wildman–Crippen LogP) is 2.92. The third-order valence-electron chi connectivity index (χ3n) is 3.79. The Kier molecular flexibility index (Phi) is 4.01. The highest BCUT2D eigenvalue weighted by Crippen LogP contribution is 2.27. The lowest BCUT2D eigenvalue weighted by molar-refractivity contribution is 0.225. The summed E-state index contributed by atoms with van der Waals surface area (Å²) in [6.45, 7) is 6.69. The molecule has 1 unspecified atom stereocenters. The van der Waals surface area contributed by atoms with Gasteiger partial charge in [-0.05, 0) is 26.0 Å². The topological polar surface area (TPSA) is 43.2 Å². The fourth-order valence-electron chi connectivity index (χ4n) is 2.70. The molecule has 1 aromatic carbocycles. The van der Waals surface area contributed by atoms with Crippen LogP contribution < -0.4 is 9.64 Å². The van der Waals surface area contributed by atoms with E-state index in [2.05, 4.69) is 26.6 Å². The van der Waals surface area contributed by atoms with Gasteiger partial charge in [0.2, 0.25) is 5.95 Å². The van der Waals surface area contributed by atoms with E-state index in [1.54, 1.807) is 0 Å². The van der Waals surface area contributed by atoms with Crippen LogP contribution in [0.1, 0.15) is 19.2 Å². The van der Waals surface area contributed by atoms with Crippen molar-refractivity contribution in [2.24, 2.45) is 0 Å². The van der Waals surface area contributed by atoms with Crippen LogP contribution in [-0.4, -0.2) is 34.0 Å². The highest BCUT2D eigenvalue weighted by atomic mass is 35.5. The number of nitrogens with zero attached hydrogens (tertiary/aromatic N) is 4. The molecule has 2 heterocycles. The Morgan fingerprint density at radius 2 is 2.14 bits per heavy atom. The lowest BCUT2D eigenvalue weighted by Gasteiger charge is -2.19. The normalized spacial score (nSPS) is 18.2. The van der Waals surface area contributed by atoms with Crippen LogP contribution >= 0.6 is 11.6 Å². The van der Waals surface area contributed by atoms with Gasteiger partial charge in [-0.3, -0.25) is 4.57 Å². The monoisotopic (exact) mass is 306 g/mol. The molecule has 2 aromatic rings. The van der Waals surface area contributed by atoms with Gasteiger partial charge in [0.05, 0.1) is 11.6 Å². The van der Waals surface area contributed by atoms with Crippen LogP contribution in [0.15, 0.2) is 24.3 Å². The number of aryl methyl sites for hydroxylation is 1. The summed E-state index contributed by atoms with van der Waals surface area (Å²) in [5.41, 5.74) is 0. The van der Waals surface area contributed by atoms with E-state index in [1.807, 2.05) is 31.2 Å². The molecule has 21 heavy (non-hydrogen) atoms. The predicted molar refractivity (Wildman–Crippen MR) is 83.1 cm³/mol. The maximum Gasteiger partial charge on any atom is 0.227 e. The quantitative estimate of drug-likeness (QED) is 0.871. The highest BCUT2D eigenvalue weighted by molar-refractivity contribution is 6.32. The molecule has 1 aliphatic heterocycles. The zero-order valence-electron chi connectivity index (χ0n) is 12.3. The molecule has 1 aromatic heterocycles. The molecule has 1 aliphatic rings. The third-order valence-corrected chi connectivity index (χ3v) is 4.10. The number of halogens is 1. The molecule has 1 saturated heterocycles. The Morgan fingerprint density at radius 1 is 1.33 bits per heavy atom. The van der Waals surface area contributed by atoms with Crippen LogP contribution in [0.3, 0.4) is 0 Å².